The van der Waals surface area contributed by atoms with Crippen LogP contribution < -0.4 is 10.6 Å². The van der Waals surface area contributed by atoms with E-state index < -0.39 is 0 Å². The first kappa shape index (κ1) is 19.3. The first-order valence-electron chi connectivity index (χ1n) is 9.26. The van der Waals surface area contributed by atoms with E-state index in [1.807, 2.05) is 9.80 Å². The van der Waals surface area contributed by atoms with E-state index in [0.717, 1.165) is 65.0 Å². The second kappa shape index (κ2) is 9.47. The number of amides is 3. The van der Waals surface area contributed by atoms with Gasteiger partial charge in [-0.2, -0.15) is 0 Å². The lowest BCUT2D eigenvalue weighted by molar-refractivity contribution is -0.126. The molecule has 2 unspecified atom stereocenters. The van der Waals surface area contributed by atoms with Crippen LogP contribution in [0.25, 0.3) is 0 Å². The molecule has 3 saturated heterocycles. The molecule has 3 rings (SSSR count). The molecular formula is C17H31ClN4O2. The van der Waals surface area contributed by atoms with Gasteiger partial charge in [0.1, 0.15) is 0 Å². The highest BCUT2D eigenvalue weighted by molar-refractivity contribution is 5.85. The van der Waals surface area contributed by atoms with Crippen molar-refractivity contribution >= 4 is 24.3 Å². The molecule has 3 fully saturated rings. The third kappa shape index (κ3) is 4.99. The average molecular weight is 359 g/mol. The minimum atomic E-state index is -0.0353. The summed E-state index contributed by atoms with van der Waals surface area (Å²) in [5, 5.41) is 6.50. The Bertz CT molecular complexity index is 423. The second-order valence-corrected chi connectivity index (χ2v) is 7.22. The molecule has 3 amide bonds. The molecule has 0 aromatic rings. The number of nitrogens with one attached hydrogen (secondary N) is 2. The van der Waals surface area contributed by atoms with Crippen molar-refractivity contribution < 1.29 is 9.59 Å². The lowest BCUT2D eigenvalue weighted by atomic mass is 9.96. The molecule has 0 bridgehead atoms. The standard InChI is InChI=1S/C17H30N4O2.ClH/c22-16(19-12-14-5-3-7-18-11-14)15-6-4-10-21(13-15)17(23)20-8-1-2-9-20;/h14-15,18H,1-13H2,(H,19,22);1H. The van der Waals surface area contributed by atoms with E-state index in [0.29, 0.717) is 12.5 Å². The molecule has 7 heteroatoms. The van der Waals surface area contributed by atoms with Crippen LogP contribution >= 0.6 is 12.4 Å². The average Bonchev–Trinajstić information content (AvgIpc) is 3.14. The molecule has 3 heterocycles. The highest BCUT2D eigenvalue weighted by Crippen LogP contribution is 2.20. The summed E-state index contributed by atoms with van der Waals surface area (Å²) in [6, 6.07) is 0.136. The summed E-state index contributed by atoms with van der Waals surface area (Å²) in [5.41, 5.74) is 0. The number of carbonyl (C=O) groups excluding carboxylic acids is 2. The van der Waals surface area contributed by atoms with Gasteiger partial charge in [-0.05, 0) is 57.5 Å². The molecule has 0 saturated carbocycles. The Labute approximate surface area is 151 Å². The molecule has 138 valence electrons. The highest BCUT2D eigenvalue weighted by Gasteiger charge is 2.31. The van der Waals surface area contributed by atoms with Gasteiger partial charge in [0.2, 0.25) is 5.91 Å². The van der Waals surface area contributed by atoms with E-state index in [2.05, 4.69) is 10.6 Å². The maximum atomic E-state index is 12.5. The number of carbonyl (C=O) groups is 2. The molecule has 24 heavy (non-hydrogen) atoms. The lowest BCUT2D eigenvalue weighted by Gasteiger charge is -2.35. The molecular weight excluding hydrogens is 328 g/mol. The number of halogens is 1. The second-order valence-electron chi connectivity index (χ2n) is 7.22. The van der Waals surface area contributed by atoms with Crippen LogP contribution in [0, 0.1) is 11.8 Å². The molecule has 3 aliphatic rings. The van der Waals surface area contributed by atoms with Crippen LogP contribution in [0.15, 0.2) is 0 Å². The Morgan fingerprint density at radius 2 is 1.75 bits per heavy atom. The maximum Gasteiger partial charge on any atom is 0.320 e. The van der Waals surface area contributed by atoms with Crippen LogP contribution in [0.1, 0.15) is 38.5 Å². The molecule has 6 nitrogen and oxygen atoms in total. The molecule has 0 spiro atoms. The van der Waals surface area contributed by atoms with Gasteiger partial charge in [-0.3, -0.25) is 4.79 Å². The fraction of sp³-hybridized carbons (Fsp3) is 0.882. The van der Waals surface area contributed by atoms with E-state index in [-0.39, 0.29) is 30.3 Å². The van der Waals surface area contributed by atoms with E-state index in [9.17, 15) is 9.59 Å². The number of rotatable bonds is 3. The van der Waals surface area contributed by atoms with Gasteiger partial charge in [-0.15, -0.1) is 12.4 Å². The Kier molecular flexibility index (Phi) is 7.62. The van der Waals surface area contributed by atoms with Gasteiger partial charge in [0, 0.05) is 32.7 Å². The zero-order chi connectivity index (χ0) is 16.1. The first-order valence-corrected chi connectivity index (χ1v) is 9.26. The van der Waals surface area contributed by atoms with Crippen molar-refractivity contribution in [2.45, 2.75) is 38.5 Å². The van der Waals surface area contributed by atoms with E-state index in [1.54, 1.807) is 0 Å². The largest absolute Gasteiger partial charge is 0.355 e. The summed E-state index contributed by atoms with van der Waals surface area (Å²) in [4.78, 5) is 28.8. The molecule has 0 radical (unpaired) electrons. The molecule has 2 atom stereocenters. The molecule has 0 aromatic heterocycles. The third-order valence-electron chi connectivity index (χ3n) is 5.40. The van der Waals surface area contributed by atoms with E-state index in [4.69, 9.17) is 0 Å². The van der Waals surface area contributed by atoms with Gasteiger partial charge in [0.15, 0.2) is 0 Å². The molecule has 0 aliphatic carbocycles. The van der Waals surface area contributed by atoms with Crippen LogP contribution in [-0.4, -0.2) is 67.6 Å². The summed E-state index contributed by atoms with van der Waals surface area (Å²) >= 11 is 0. The van der Waals surface area contributed by atoms with Crippen molar-refractivity contribution in [3.8, 4) is 0 Å². The number of piperidine rings is 2. The Morgan fingerprint density at radius 3 is 2.46 bits per heavy atom. The predicted molar refractivity (Wildman–Crippen MR) is 96.4 cm³/mol. The predicted octanol–water partition coefficient (Wildman–Crippen LogP) is 1.45. The topological polar surface area (TPSA) is 64.7 Å². The molecule has 2 N–H and O–H groups in total. The van der Waals surface area contributed by atoms with Crippen LogP contribution in [-0.2, 0) is 4.79 Å². The number of urea groups is 1. The zero-order valence-electron chi connectivity index (χ0n) is 14.5. The SMILES string of the molecule is Cl.O=C(NCC1CCCNC1)C1CCCN(C(=O)N2CCCC2)C1. The summed E-state index contributed by atoms with van der Waals surface area (Å²) in [6.07, 6.45) is 6.44. The minimum absolute atomic E-state index is 0. The Balaban J connectivity index is 0.00000208. The fourth-order valence-corrected chi connectivity index (χ4v) is 3.96. The van der Waals surface area contributed by atoms with Gasteiger partial charge < -0.3 is 20.4 Å². The summed E-state index contributed by atoms with van der Waals surface area (Å²) < 4.78 is 0. The van der Waals surface area contributed by atoms with Crippen molar-refractivity contribution in [3.05, 3.63) is 0 Å². The maximum absolute atomic E-state index is 12.5. The number of hydrogen-bond donors (Lipinski definition) is 2. The van der Waals surface area contributed by atoms with Gasteiger partial charge in [-0.1, -0.05) is 0 Å². The molecule has 3 aliphatic heterocycles. The lowest BCUT2D eigenvalue weighted by Crippen LogP contribution is -2.50. The van der Waals surface area contributed by atoms with Gasteiger partial charge >= 0.3 is 6.03 Å². The number of hydrogen-bond acceptors (Lipinski definition) is 3. The Hall–Kier alpha value is -1.01. The molecule has 0 aromatic carbocycles. The Morgan fingerprint density at radius 1 is 1.00 bits per heavy atom. The van der Waals surface area contributed by atoms with E-state index >= 15 is 0 Å². The van der Waals surface area contributed by atoms with Gasteiger partial charge in [0.05, 0.1) is 5.92 Å². The van der Waals surface area contributed by atoms with Crippen molar-refractivity contribution in [1.29, 1.82) is 0 Å². The summed E-state index contributed by atoms with van der Waals surface area (Å²) in [6.45, 7) is 6.01. The van der Waals surface area contributed by atoms with Crippen molar-refractivity contribution in [3.63, 3.8) is 0 Å². The van der Waals surface area contributed by atoms with Crippen molar-refractivity contribution in [2.24, 2.45) is 11.8 Å². The van der Waals surface area contributed by atoms with Crippen LogP contribution in [0.4, 0.5) is 4.79 Å². The smallest absolute Gasteiger partial charge is 0.320 e. The highest BCUT2D eigenvalue weighted by atomic mass is 35.5. The van der Waals surface area contributed by atoms with Crippen LogP contribution in [0.2, 0.25) is 0 Å². The zero-order valence-corrected chi connectivity index (χ0v) is 15.3. The van der Waals surface area contributed by atoms with Crippen molar-refractivity contribution in [1.82, 2.24) is 20.4 Å². The van der Waals surface area contributed by atoms with Crippen molar-refractivity contribution in [2.75, 3.05) is 45.8 Å². The fourth-order valence-electron chi connectivity index (χ4n) is 3.96. The number of likely N-dealkylation sites (tertiary alicyclic amines) is 2. The summed E-state index contributed by atoms with van der Waals surface area (Å²) in [7, 11) is 0. The number of nitrogens with zero attached hydrogens (tertiary/aromatic N) is 2. The van der Waals surface area contributed by atoms with Gasteiger partial charge in [-0.25, -0.2) is 4.79 Å². The normalized spacial score (nSPS) is 27.5. The van der Waals surface area contributed by atoms with Crippen LogP contribution in [0.5, 0.6) is 0 Å². The summed E-state index contributed by atoms with van der Waals surface area (Å²) in [5.74, 6) is 0.653. The van der Waals surface area contributed by atoms with Gasteiger partial charge in [0.25, 0.3) is 0 Å². The quantitative estimate of drug-likeness (QED) is 0.802. The van der Waals surface area contributed by atoms with E-state index in [1.165, 1.54) is 12.8 Å². The third-order valence-corrected chi connectivity index (χ3v) is 5.40. The van der Waals surface area contributed by atoms with Crippen LogP contribution in [0.3, 0.4) is 0 Å². The minimum Gasteiger partial charge on any atom is -0.355 e. The first-order chi connectivity index (χ1) is 11.2. The monoisotopic (exact) mass is 358 g/mol.